The number of ether oxygens (including phenoxy) is 1. The first-order chi connectivity index (χ1) is 5.48. The fraction of sp³-hybridized carbons (Fsp3) is 1.00. The zero-order valence-corrected chi connectivity index (χ0v) is 8.89. The summed E-state index contributed by atoms with van der Waals surface area (Å²) in [7, 11) is 0. The summed E-state index contributed by atoms with van der Waals surface area (Å²) in [5.41, 5.74) is 5.65. The lowest BCUT2D eigenvalue weighted by Gasteiger charge is -2.27. The van der Waals surface area contributed by atoms with Gasteiger partial charge < -0.3 is 10.5 Å². The molecule has 0 spiro atoms. The van der Waals surface area contributed by atoms with Gasteiger partial charge in [-0.3, -0.25) is 0 Å². The maximum Gasteiger partial charge on any atom is 0.0720 e. The lowest BCUT2D eigenvalue weighted by molar-refractivity contribution is 0.0210. The topological polar surface area (TPSA) is 35.2 Å². The van der Waals surface area contributed by atoms with Crippen molar-refractivity contribution < 1.29 is 4.74 Å². The molecule has 2 heteroatoms. The first kappa shape index (κ1) is 11.9. The van der Waals surface area contributed by atoms with Crippen LogP contribution in [-0.4, -0.2) is 18.2 Å². The van der Waals surface area contributed by atoms with Crippen molar-refractivity contribution in [3.8, 4) is 0 Å². The van der Waals surface area contributed by atoms with Gasteiger partial charge in [-0.1, -0.05) is 19.8 Å². The van der Waals surface area contributed by atoms with Crippen LogP contribution < -0.4 is 5.73 Å². The van der Waals surface area contributed by atoms with Gasteiger partial charge in [0.05, 0.1) is 6.10 Å². The standard InChI is InChI=1S/C10H23NO/c1-5-6-7-8-12-9(2)10(3,4)11/h9H,5-8,11H2,1-4H3. The van der Waals surface area contributed by atoms with E-state index in [0.717, 1.165) is 13.0 Å². The minimum absolute atomic E-state index is 0.148. The van der Waals surface area contributed by atoms with Crippen molar-refractivity contribution in [1.82, 2.24) is 0 Å². The lowest BCUT2D eigenvalue weighted by Crippen LogP contribution is -2.44. The van der Waals surface area contributed by atoms with Crippen molar-refractivity contribution in [2.45, 2.75) is 58.6 Å². The van der Waals surface area contributed by atoms with Gasteiger partial charge in [-0.2, -0.15) is 0 Å². The van der Waals surface area contributed by atoms with Gasteiger partial charge in [0.15, 0.2) is 0 Å². The molecule has 0 saturated carbocycles. The van der Waals surface area contributed by atoms with Crippen LogP contribution in [0.4, 0.5) is 0 Å². The summed E-state index contributed by atoms with van der Waals surface area (Å²) >= 11 is 0. The molecular formula is C10H23NO. The fourth-order valence-corrected chi connectivity index (χ4v) is 0.827. The van der Waals surface area contributed by atoms with Crippen molar-refractivity contribution >= 4 is 0 Å². The van der Waals surface area contributed by atoms with E-state index in [0.29, 0.717) is 0 Å². The molecule has 1 atom stereocenters. The van der Waals surface area contributed by atoms with E-state index in [-0.39, 0.29) is 11.6 Å². The molecule has 0 aromatic rings. The molecule has 0 aliphatic rings. The third kappa shape index (κ3) is 5.56. The normalized spacial score (nSPS) is 14.8. The summed E-state index contributed by atoms with van der Waals surface area (Å²) in [6.07, 6.45) is 3.78. The van der Waals surface area contributed by atoms with Crippen LogP contribution in [0.3, 0.4) is 0 Å². The van der Waals surface area contributed by atoms with Crippen molar-refractivity contribution in [2.24, 2.45) is 5.73 Å². The second-order valence-corrected chi connectivity index (χ2v) is 4.04. The van der Waals surface area contributed by atoms with E-state index in [2.05, 4.69) is 6.92 Å². The second kappa shape index (κ2) is 5.55. The average molecular weight is 173 g/mol. The molecule has 0 amide bonds. The predicted molar refractivity (Wildman–Crippen MR) is 53.2 cm³/mol. The zero-order chi connectivity index (χ0) is 9.61. The van der Waals surface area contributed by atoms with Gasteiger partial charge in [0, 0.05) is 12.1 Å². The molecule has 1 unspecified atom stereocenters. The summed E-state index contributed by atoms with van der Waals surface area (Å²) in [5, 5.41) is 0. The highest BCUT2D eigenvalue weighted by atomic mass is 16.5. The Kier molecular flexibility index (Phi) is 5.51. The van der Waals surface area contributed by atoms with Gasteiger partial charge in [0.25, 0.3) is 0 Å². The van der Waals surface area contributed by atoms with Crippen molar-refractivity contribution in [3.63, 3.8) is 0 Å². The third-order valence-electron chi connectivity index (χ3n) is 2.16. The van der Waals surface area contributed by atoms with Crippen LogP contribution in [0.1, 0.15) is 47.0 Å². The van der Waals surface area contributed by atoms with Crippen LogP contribution in [0, 0.1) is 0 Å². The molecule has 0 aliphatic carbocycles. The quantitative estimate of drug-likeness (QED) is 0.626. The maximum absolute atomic E-state index is 5.87. The Bertz CT molecular complexity index is 107. The highest BCUT2D eigenvalue weighted by molar-refractivity contribution is 4.79. The molecule has 0 heterocycles. The molecule has 2 nitrogen and oxygen atoms in total. The van der Waals surface area contributed by atoms with Gasteiger partial charge in [-0.05, 0) is 27.2 Å². The maximum atomic E-state index is 5.87. The van der Waals surface area contributed by atoms with Gasteiger partial charge in [0.1, 0.15) is 0 Å². The Labute approximate surface area is 76.5 Å². The third-order valence-corrected chi connectivity index (χ3v) is 2.16. The lowest BCUT2D eigenvalue weighted by atomic mass is 10.0. The van der Waals surface area contributed by atoms with Crippen LogP contribution in [-0.2, 0) is 4.74 Å². The largest absolute Gasteiger partial charge is 0.377 e. The van der Waals surface area contributed by atoms with E-state index in [1.54, 1.807) is 0 Å². The van der Waals surface area contributed by atoms with Crippen LogP contribution in [0.2, 0.25) is 0 Å². The molecule has 0 aromatic carbocycles. The minimum Gasteiger partial charge on any atom is -0.377 e. The van der Waals surface area contributed by atoms with Gasteiger partial charge in [-0.25, -0.2) is 0 Å². The van der Waals surface area contributed by atoms with Crippen LogP contribution in [0.15, 0.2) is 0 Å². The van der Waals surface area contributed by atoms with Crippen molar-refractivity contribution in [1.29, 1.82) is 0 Å². The Hall–Kier alpha value is -0.0800. The molecule has 0 fully saturated rings. The van der Waals surface area contributed by atoms with E-state index < -0.39 is 0 Å². The molecule has 0 bridgehead atoms. The monoisotopic (exact) mass is 173 g/mol. The SMILES string of the molecule is CCCCCOC(C)C(C)(C)N. The Morgan fingerprint density at radius 2 is 1.92 bits per heavy atom. The Morgan fingerprint density at radius 1 is 1.33 bits per heavy atom. The first-order valence-corrected chi connectivity index (χ1v) is 4.89. The molecule has 0 aliphatic heterocycles. The summed E-state index contributed by atoms with van der Waals surface area (Å²) in [6, 6.07) is 0. The summed E-state index contributed by atoms with van der Waals surface area (Å²) < 4.78 is 5.58. The smallest absolute Gasteiger partial charge is 0.0720 e. The molecule has 2 N–H and O–H groups in total. The van der Waals surface area contributed by atoms with Crippen molar-refractivity contribution in [2.75, 3.05) is 6.61 Å². The zero-order valence-electron chi connectivity index (χ0n) is 8.89. The van der Waals surface area contributed by atoms with Crippen LogP contribution in [0.5, 0.6) is 0 Å². The average Bonchev–Trinajstić information content (AvgIpc) is 1.96. The second-order valence-electron chi connectivity index (χ2n) is 4.04. The molecule has 12 heavy (non-hydrogen) atoms. The molecular weight excluding hydrogens is 150 g/mol. The van der Waals surface area contributed by atoms with Gasteiger partial charge in [0.2, 0.25) is 0 Å². The number of rotatable bonds is 6. The van der Waals surface area contributed by atoms with Crippen LogP contribution in [0.25, 0.3) is 0 Å². The summed E-state index contributed by atoms with van der Waals surface area (Å²) in [5.74, 6) is 0. The summed E-state index contributed by atoms with van der Waals surface area (Å²) in [6.45, 7) is 9.06. The first-order valence-electron chi connectivity index (χ1n) is 4.89. The number of hydrogen-bond donors (Lipinski definition) is 1. The highest BCUT2D eigenvalue weighted by Gasteiger charge is 2.20. The molecule has 0 aromatic heterocycles. The molecule has 0 saturated heterocycles. The number of unbranched alkanes of at least 4 members (excludes halogenated alkanes) is 2. The van der Waals surface area contributed by atoms with E-state index in [9.17, 15) is 0 Å². The van der Waals surface area contributed by atoms with Crippen LogP contribution >= 0.6 is 0 Å². The van der Waals surface area contributed by atoms with E-state index in [1.165, 1.54) is 12.8 Å². The van der Waals surface area contributed by atoms with E-state index >= 15 is 0 Å². The van der Waals surface area contributed by atoms with E-state index in [4.69, 9.17) is 10.5 Å². The summed E-state index contributed by atoms with van der Waals surface area (Å²) in [4.78, 5) is 0. The van der Waals surface area contributed by atoms with E-state index in [1.807, 2.05) is 20.8 Å². The minimum atomic E-state index is -0.216. The predicted octanol–water partition coefficient (Wildman–Crippen LogP) is 2.32. The van der Waals surface area contributed by atoms with Gasteiger partial charge >= 0.3 is 0 Å². The number of hydrogen-bond acceptors (Lipinski definition) is 2. The highest BCUT2D eigenvalue weighted by Crippen LogP contribution is 2.09. The van der Waals surface area contributed by atoms with Crippen molar-refractivity contribution in [3.05, 3.63) is 0 Å². The van der Waals surface area contributed by atoms with Gasteiger partial charge in [-0.15, -0.1) is 0 Å². The molecule has 74 valence electrons. The molecule has 0 radical (unpaired) electrons. The Balaban J connectivity index is 3.38. The fourth-order valence-electron chi connectivity index (χ4n) is 0.827. The Morgan fingerprint density at radius 3 is 2.33 bits per heavy atom. The number of nitrogens with two attached hydrogens (primary N) is 1. The molecule has 0 rings (SSSR count).